The number of carbonyl (C=O) groups is 3. The second-order valence-corrected chi connectivity index (χ2v) is 8.98. The van der Waals surface area contributed by atoms with Gasteiger partial charge in [0, 0.05) is 50.8 Å². The van der Waals surface area contributed by atoms with Crippen LogP contribution in [0.1, 0.15) is 68.1 Å². The molecule has 164 valence electrons. The molecule has 2 N–H and O–H groups in total. The number of aromatic nitrogens is 2. The first-order valence-electron chi connectivity index (χ1n) is 11.4. The van der Waals surface area contributed by atoms with Gasteiger partial charge in [0.05, 0.1) is 0 Å². The van der Waals surface area contributed by atoms with Gasteiger partial charge < -0.3 is 15.1 Å². The van der Waals surface area contributed by atoms with Gasteiger partial charge in [-0.3, -0.25) is 19.5 Å². The molecule has 4 rings (SSSR count). The molecule has 3 amide bonds. The third kappa shape index (κ3) is 4.52. The van der Waals surface area contributed by atoms with Crippen LogP contribution in [0.5, 0.6) is 0 Å². The molecule has 0 aromatic carbocycles. The van der Waals surface area contributed by atoms with Crippen LogP contribution >= 0.6 is 0 Å². The molecule has 1 aromatic heterocycles. The fraction of sp³-hybridized carbons (Fsp3) is 0.727. The molecular formula is C22H33N5O3. The van der Waals surface area contributed by atoms with Crippen molar-refractivity contribution in [2.24, 2.45) is 11.8 Å². The zero-order valence-electron chi connectivity index (χ0n) is 17.9. The van der Waals surface area contributed by atoms with Crippen molar-refractivity contribution in [3.63, 3.8) is 0 Å². The number of hydrogen-bond donors (Lipinski definition) is 2. The maximum absolute atomic E-state index is 13.0. The van der Waals surface area contributed by atoms with Gasteiger partial charge in [0.1, 0.15) is 5.69 Å². The molecule has 3 aliphatic rings. The van der Waals surface area contributed by atoms with Crippen molar-refractivity contribution in [1.82, 2.24) is 25.3 Å². The van der Waals surface area contributed by atoms with E-state index in [2.05, 4.69) is 15.5 Å². The van der Waals surface area contributed by atoms with Crippen molar-refractivity contribution in [1.29, 1.82) is 0 Å². The molecule has 3 unspecified atom stereocenters. The number of piperidine rings is 1. The lowest BCUT2D eigenvalue weighted by Crippen LogP contribution is -2.41. The van der Waals surface area contributed by atoms with Crippen LogP contribution in [0.2, 0.25) is 0 Å². The Morgan fingerprint density at radius 1 is 1.23 bits per heavy atom. The number of rotatable bonds is 6. The number of nitrogens with zero attached hydrogens (tertiary/aromatic N) is 3. The molecule has 1 aromatic rings. The maximum atomic E-state index is 13.0. The van der Waals surface area contributed by atoms with Gasteiger partial charge in [-0.1, -0.05) is 6.92 Å². The molecule has 3 aliphatic heterocycles. The Balaban J connectivity index is 1.29. The first-order chi connectivity index (χ1) is 14.5. The van der Waals surface area contributed by atoms with E-state index in [0.717, 1.165) is 63.9 Å². The Morgan fingerprint density at radius 2 is 2.10 bits per heavy atom. The second kappa shape index (κ2) is 9.18. The van der Waals surface area contributed by atoms with E-state index in [9.17, 15) is 14.4 Å². The summed E-state index contributed by atoms with van der Waals surface area (Å²) in [4.78, 5) is 41.0. The van der Waals surface area contributed by atoms with Gasteiger partial charge in [-0.15, -0.1) is 0 Å². The molecule has 0 aliphatic carbocycles. The minimum absolute atomic E-state index is 0.0116. The van der Waals surface area contributed by atoms with Crippen LogP contribution in [0, 0.1) is 11.8 Å². The van der Waals surface area contributed by atoms with Gasteiger partial charge in [-0.25, -0.2) is 0 Å². The summed E-state index contributed by atoms with van der Waals surface area (Å²) in [7, 11) is 0. The van der Waals surface area contributed by atoms with Gasteiger partial charge >= 0.3 is 0 Å². The zero-order valence-corrected chi connectivity index (χ0v) is 17.9. The third-order valence-electron chi connectivity index (χ3n) is 7.05. The lowest BCUT2D eigenvalue weighted by atomic mass is 9.94. The number of amides is 3. The summed E-state index contributed by atoms with van der Waals surface area (Å²) in [5, 5.41) is 10.0. The Hall–Kier alpha value is -2.38. The van der Waals surface area contributed by atoms with Gasteiger partial charge in [0.2, 0.25) is 11.8 Å². The van der Waals surface area contributed by atoms with Crippen LogP contribution in [0.15, 0.2) is 6.07 Å². The molecule has 4 heterocycles. The molecule has 3 saturated heterocycles. The smallest absolute Gasteiger partial charge is 0.274 e. The summed E-state index contributed by atoms with van der Waals surface area (Å²) in [6.45, 7) is 5.03. The second-order valence-electron chi connectivity index (χ2n) is 8.98. The lowest BCUT2D eigenvalue weighted by molar-refractivity contribution is -0.130. The summed E-state index contributed by atoms with van der Waals surface area (Å²) in [5.41, 5.74) is 1.48. The quantitative estimate of drug-likeness (QED) is 0.739. The topological polar surface area (TPSA) is 98.4 Å². The Bertz CT molecular complexity index is 781. The fourth-order valence-corrected chi connectivity index (χ4v) is 5.18. The number of nitrogens with one attached hydrogen (secondary N) is 2. The normalized spacial score (nSPS) is 26.8. The van der Waals surface area contributed by atoms with E-state index in [1.54, 1.807) is 0 Å². The Labute approximate surface area is 177 Å². The number of aryl methyl sites for hydroxylation is 1. The fourth-order valence-electron chi connectivity index (χ4n) is 5.18. The van der Waals surface area contributed by atoms with Crippen LogP contribution < -0.4 is 5.32 Å². The van der Waals surface area contributed by atoms with E-state index in [4.69, 9.17) is 0 Å². The SMILES string of the molecule is CCc1cc(C(=O)N2CCCC2C2CCN(C(=O)CCC3CCC(=O)NC3)C2)n[nH]1. The van der Waals surface area contributed by atoms with Crippen molar-refractivity contribution >= 4 is 17.7 Å². The Kier molecular flexibility index (Phi) is 6.39. The molecule has 0 spiro atoms. The minimum atomic E-state index is 0.0116. The van der Waals surface area contributed by atoms with Crippen LogP contribution in [0.25, 0.3) is 0 Å². The predicted octanol–water partition coefficient (Wildman–Crippen LogP) is 1.73. The highest BCUT2D eigenvalue weighted by Gasteiger charge is 2.39. The van der Waals surface area contributed by atoms with Gasteiger partial charge in [-0.05, 0) is 56.4 Å². The van der Waals surface area contributed by atoms with Crippen LogP contribution in [-0.2, 0) is 16.0 Å². The molecule has 3 atom stereocenters. The molecular weight excluding hydrogens is 382 g/mol. The van der Waals surface area contributed by atoms with Crippen LogP contribution in [0.3, 0.4) is 0 Å². The van der Waals surface area contributed by atoms with E-state index in [1.165, 1.54) is 0 Å². The number of carbonyl (C=O) groups excluding carboxylic acids is 3. The van der Waals surface area contributed by atoms with Gasteiger partial charge in [0.15, 0.2) is 0 Å². The monoisotopic (exact) mass is 415 g/mol. The average molecular weight is 416 g/mol. The van der Waals surface area contributed by atoms with E-state index in [0.29, 0.717) is 36.9 Å². The molecule has 0 radical (unpaired) electrons. The van der Waals surface area contributed by atoms with E-state index >= 15 is 0 Å². The predicted molar refractivity (Wildman–Crippen MR) is 112 cm³/mol. The summed E-state index contributed by atoms with van der Waals surface area (Å²) in [6.07, 6.45) is 6.66. The zero-order chi connectivity index (χ0) is 21.1. The standard InChI is InChI=1S/C22H33N5O3/c1-2-17-12-18(25-24-17)22(30)27-10-3-4-19(27)16-9-11-26(14-16)21(29)8-6-15-5-7-20(28)23-13-15/h12,15-16,19H,2-11,13-14H2,1H3,(H,23,28)(H,24,25). The largest absolute Gasteiger partial charge is 0.356 e. The molecule has 0 saturated carbocycles. The number of hydrogen-bond acceptors (Lipinski definition) is 4. The summed E-state index contributed by atoms with van der Waals surface area (Å²) >= 11 is 0. The third-order valence-corrected chi connectivity index (χ3v) is 7.05. The highest BCUT2D eigenvalue weighted by atomic mass is 16.2. The minimum Gasteiger partial charge on any atom is -0.356 e. The molecule has 8 nitrogen and oxygen atoms in total. The molecule has 8 heteroatoms. The lowest BCUT2D eigenvalue weighted by Gasteiger charge is -2.29. The maximum Gasteiger partial charge on any atom is 0.274 e. The van der Waals surface area contributed by atoms with E-state index in [-0.39, 0.29) is 23.8 Å². The molecule has 3 fully saturated rings. The number of H-pyrrole nitrogens is 1. The first kappa shape index (κ1) is 20.9. The van der Waals surface area contributed by atoms with Crippen molar-refractivity contribution in [2.75, 3.05) is 26.2 Å². The van der Waals surface area contributed by atoms with Crippen molar-refractivity contribution in [3.8, 4) is 0 Å². The van der Waals surface area contributed by atoms with E-state index in [1.807, 2.05) is 22.8 Å². The van der Waals surface area contributed by atoms with Gasteiger partial charge in [0.25, 0.3) is 5.91 Å². The van der Waals surface area contributed by atoms with Gasteiger partial charge in [-0.2, -0.15) is 5.10 Å². The highest BCUT2D eigenvalue weighted by molar-refractivity contribution is 5.92. The number of aromatic amines is 1. The summed E-state index contributed by atoms with van der Waals surface area (Å²) < 4.78 is 0. The van der Waals surface area contributed by atoms with Crippen LogP contribution in [0.4, 0.5) is 0 Å². The molecule has 0 bridgehead atoms. The summed E-state index contributed by atoms with van der Waals surface area (Å²) in [5.74, 6) is 1.10. The average Bonchev–Trinajstić information content (AvgIpc) is 3.52. The van der Waals surface area contributed by atoms with Crippen molar-refractivity contribution < 1.29 is 14.4 Å². The number of likely N-dealkylation sites (tertiary alicyclic amines) is 2. The molecule has 30 heavy (non-hydrogen) atoms. The van der Waals surface area contributed by atoms with E-state index < -0.39 is 0 Å². The first-order valence-corrected chi connectivity index (χ1v) is 11.4. The summed E-state index contributed by atoms with van der Waals surface area (Å²) in [6, 6.07) is 2.06. The highest BCUT2D eigenvalue weighted by Crippen LogP contribution is 2.32. The van der Waals surface area contributed by atoms with Crippen LogP contribution in [-0.4, -0.2) is 69.9 Å². The van der Waals surface area contributed by atoms with Crippen molar-refractivity contribution in [2.45, 2.75) is 64.3 Å². The Morgan fingerprint density at radius 3 is 2.83 bits per heavy atom. The van der Waals surface area contributed by atoms with Crippen molar-refractivity contribution in [3.05, 3.63) is 17.5 Å².